The van der Waals surface area contributed by atoms with Crippen molar-refractivity contribution < 1.29 is 13.2 Å². The molecule has 1 saturated heterocycles. The fourth-order valence-electron chi connectivity index (χ4n) is 2.98. The summed E-state index contributed by atoms with van der Waals surface area (Å²) >= 11 is 0. The highest BCUT2D eigenvalue weighted by Crippen LogP contribution is 2.34. The van der Waals surface area contributed by atoms with Gasteiger partial charge in [-0.15, -0.1) is 4.40 Å². The fraction of sp³-hybridized carbons (Fsp3) is 0.471. The van der Waals surface area contributed by atoms with E-state index in [-0.39, 0.29) is 0 Å². The average molecular weight is 334 g/mol. The Hall–Kier alpha value is -1.66. The van der Waals surface area contributed by atoms with Crippen molar-refractivity contribution in [2.45, 2.75) is 26.7 Å². The van der Waals surface area contributed by atoms with E-state index in [0.29, 0.717) is 48.5 Å². The van der Waals surface area contributed by atoms with Crippen molar-refractivity contribution in [3.63, 3.8) is 0 Å². The summed E-state index contributed by atoms with van der Waals surface area (Å²) in [5.74, 6) is 0.982. The molecule has 2 heterocycles. The molecule has 23 heavy (non-hydrogen) atoms. The number of benzene rings is 1. The summed E-state index contributed by atoms with van der Waals surface area (Å²) in [5.41, 5.74) is 2.62. The Bertz CT molecular complexity index is 756. The molecule has 5 nitrogen and oxygen atoms in total. The molecule has 1 aromatic rings. The van der Waals surface area contributed by atoms with E-state index in [1.54, 1.807) is 0 Å². The van der Waals surface area contributed by atoms with E-state index >= 15 is 0 Å². The van der Waals surface area contributed by atoms with Crippen LogP contribution in [0.1, 0.15) is 37.8 Å². The SMILES string of the molecule is CC1=C(c2ccc(C(C)C)cc2)S(=O)(=O)N=C1N1CCOCC1. The zero-order valence-electron chi connectivity index (χ0n) is 13.7. The second-order valence-corrected chi connectivity index (χ2v) is 7.76. The van der Waals surface area contributed by atoms with Crippen LogP contribution >= 0.6 is 0 Å². The second-order valence-electron chi connectivity index (χ2n) is 6.22. The van der Waals surface area contributed by atoms with Gasteiger partial charge in [-0.25, -0.2) is 0 Å². The summed E-state index contributed by atoms with van der Waals surface area (Å²) in [5, 5.41) is 0. The molecule has 1 aromatic carbocycles. The number of rotatable bonds is 2. The van der Waals surface area contributed by atoms with E-state index in [0.717, 1.165) is 5.57 Å². The summed E-state index contributed by atoms with van der Waals surface area (Å²) in [7, 11) is -3.64. The predicted molar refractivity (Wildman–Crippen MR) is 91.9 cm³/mol. The minimum atomic E-state index is -3.64. The topological polar surface area (TPSA) is 59.0 Å². The largest absolute Gasteiger partial charge is 0.378 e. The van der Waals surface area contributed by atoms with Gasteiger partial charge in [-0.05, 0) is 24.0 Å². The van der Waals surface area contributed by atoms with Crippen molar-refractivity contribution in [1.29, 1.82) is 0 Å². The number of hydrogen-bond acceptors (Lipinski definition) is 4. The molecule has 2 aliphatic heterocycles. The first kappa shape index (κ1) is 16.2. The molecule has 0 radical (unpaired) electrons. The van der Waals surface area contributed by atoms with Crippen molar-refractivity contribution in [3.8, 4) is 0 Å². The van der Waals surface area contributed by atoms with Gasteiger partial charge >= 0.3 is 0 Å². The smallest absolute Gasteiger partial charge is 0.285 e. The maximum Gasteiger partial charge on any atom is 0.285 e. The molecule has 0 saturated carbocycles. The van der Waals surface area contributed by atoms with Gasteiger partial charge in [0.1, 0.15) is 10.7 Å². The number of sulfonamides is 1. The molecular formula is C17H22N2O3S. The Balaban J connectivity index is 1.99. The molecule has 0 N–H and O–H groups in total. The molecular weight excluding hydrogens is 312 g/mol. The monoisotopic (exact) mass is 334 g/mol. The maximum absolute atomic E-state index is 12.5. The minimum Gasteiger partial charge on any atom is -0.378 e. The minimum absolute atomic E-state index is 0.328. The Labute approximate surface area is 137 Å². The quantitative estimate of drug-likeness (QED) is 0.834. The lowest BCUT2D eigenvalue weighted by Crippen LogP contribution is -2.40. The Morgan fingerprint density at radius 1 is 1.13 bits per heavy atom. The average Bonchev–Trinajstić information content (AvgIpc) is 2.78. The van der Waals surface area contributed by atoms with Gasteiger partial charge in [0.25, 0.3) is 10.0 Å². The zero-order valence-corrected chi connectivity index (χ0v) is 14.6. The van der Waals surface area contributed by atoms with Crippen LogP contribution in [0.15, 0.2) is 34.2 Å². The number of hydrogen-bond donors (Lipinski definition) is 0. The van der Waals surface area contributed by atoms with Gasteiger partial charge in [0.15, 0.2) is 0 Å². The van der Waals surface area contributed by atoms with Crippen LogP contribution in [0.3, 0.4) is 0 Å². The first-order valence-corrected chi connectivity index (χ1v) is 9.33. The third kappa shape index (κ3) is 3.05. The summed E-state index contributed by atoms with van der Waals surface area (Å²) in [6.07, 6.45) is 0. The van der Waals surface area contributed by atoms with Crippen molar-refractivity contribution in [2.75, 3.05) is 26.3 Å². The molecule has 0 amide bonds. The number of morpholine rings is 1. The van der Waals surface area contributed by atoms with Crippen LogP contribution in [0.5, 0.6) is 0 Å². The highest BCUT2D eigenvalue weighted by atomic mass is 32.2. The zero-order chi connectivity index (χ0) is 16.6. The molecule has 6 heteroatoms. The first-order valence-electron chi connectivity index (χ1n) is 7.89. The summed E-state index contributed by atoms with van der Waals surface area (Å²) in [6.45, 7) is 8.62. The van der Waals surface area contributed by atoms with E-state index < -0.39 is 10.0 Å². The molecule has 124 valence electrons. The van der Waals surface area contributed by atoms with Gasteiger partial charge in [-0.2, -0.15) is 8.42 Å². The molecule has 0 aromatic heterocycles. The Kier molecular flexibility index (Phi) is 4.29. The molecule has 0 atom stereocenters. The van der Waals surface area contributed by atoms with Crippen molar-refractivity contribution in [3.05, 3.63) is 41.0 Å². The van der Waals surface area contributed by atoms with Crippen LogP contribution in [0.4, 0.5) is 0 Å². The van der Waals surface area contributed by atoms with Crippen molar-refractivity contribution >= 4 is 20.8 Å². The van der Waals surface area contributed by atoms with Gasteiger partial charge in [-0.3, -0.25) is 0 Å². The molecule has 3 rings (SSSR count). The second kappa shape index (κ2) is 6.09. The van der Waals surface area contributed by atoms with E-state index in [4.69, 9.17) is 4.74 Å². The number of amidine groups is 1. The Morgan fingerprint density at radius 2 is 1.74 bits per heavy atom. The molecule has 0 aliphatic carbocycles. The van der Waals surface area contributed by atoms with Gasteiger partial charge in [0.2, 0.25) is 0 Å². The maximum atomic E-state index is 12.5. The summed E-state index contributed by atoms with van der Waals surface area (Å²) in [4.78, 5) is 2.32. The lowest BCUT2D eigenvalue weighted by Gasteiger charge is -2.28. The number of ether oxygens (including phenoxy) is 1. The van der Waals surface area contributed by atoms with Crippen molar-refractivity contribution in [2.24, 2.45) is 4.40 Å². The lowest BCUT2D eigenvalue weighted by molar-refractivity contribution is 0.0683. The fourth-order valence-corrected chi connectivity index (χ4v) is 4.46. The van der Waals surface area contributed by atoms with Gasteiger partial charge in [-0.1, -0.05) is 38.1 Å². The van der Waals surface area contributed by atoms with E-state index in [9.17, 15) is 8.42 Å². The van der Waals surface area contributed by atoms with Crippen molar-refractivity contribution in [1.82, 2.24) is 4.90 Å². The molecule has 0 spiro atoms. The lowest BCUT2D eigenvalue weighted by atomic mass is 10.0. The molecule has 1 fully saturated rings. The first-order chi connectivity index (χ1) is 10.9. The van der Waals surface area contributed by atoms with Crippen LogP contribution in [-0.2, 0) is 14.8 Å². The van der Waals surface area contributed by atoms with Crippen LogP contribution in [-0.4, -0.2) is 45.5 Å². The molecule has 0 bridgehead atoms. The number of nitrogens with zero attached hydrogens (tertiary/aromatic N) is 2. The normalized spacial score (nSPS) is 21.0. The Morgan fingerprint density at radius 3 is 2.30 bits per heavy atom. The predicted octanol–water partition coefficient (Wildman–Crippen LogP) is 2.62. The van der Waals surface area contributed by atoms with Gasteiger partial charge < -0.3 is 9.64 Å². The highest BCUT2D eigenvalue weighted by Gasteiger charge is 2.33. The standard InChI is InChI=1S/C17H22N2O3S/c1-12(2)14-4-6-15(7-5-14)16-13(3)17(18-23(16,20)21)19-8-10-22-11-9-19/h4-7,12H,8-11H2,1-3H3. The van der Waals surface area contributed by atoms with E-state index in [1.807, 2.05) is 36.1 Å². The third-order valence-electron chi connectivity index (χ3n) is 4.29. The third-order valence-corrected chi connectivity index (χ3v) is 5.76. The van der Waals surface area contributed by atoms with E-state index in [2.05, 4.69) is 18.2 Å². The van der Waals surface area contributed by atoms with E-state index in [1.165, 1.54) is 5.56 Å². The molecule has 0 unspecified atom stereocenters. The molecule has 2 aliphatic rings. The summed E-state index contributed by atoms with van der Waals surface area (Å²) in [6, 6.07) is 7.73. The van der Waals surface area contributed by atoms with Gasteiger partial charge in [0, 0.05) is 18.7 Å². The van der Waals surface area contributed by atoms with Crippen LogP contribution in [0, 0.1) is 0 Å². The highest BCUT2D eigenvalue weighted by molar-refractivity contribution is 8.00. The van der Waals surface area contributed by atoms with Gasteiger partial charge in [0.05, 0.1) is 13.2 Å². The van der Waals surface area contributed by atoms with Crippen LogP contribution in [0.2, 0.25) is 0 Å². The van der Waals surface area contributed by atoms with Crippen LogP contribution in [0.25, 0.3) is 4.91 Å². The van der Waals surface area contributed by atoms with Crippen LogP contribution < -0.4 is 0 Å². The summed E-state index contributed by atoms with van der Waals surface area (Å²) < 4.78 is 34.4.